The van der Waals surface area contributed by atoms with Gasteiger partial charge in [-0.3, -0.25) is 29.8 Å². The van der Waals surface area contributed by atoms with Gasteiger partial charge in [0.25, 0.3) is 0 Å². The first-order valence-corrected chi connectivity index (χ1v) is 23.9. The zero-order chi connectivity index (χ0) is 44.7. The number of fused-ring (bicyclic) bond motifs is 6. The Hall–Kier alpha value is -3.90. The Morgan fingerprint density at radius 3 is 1.13 bits per heavy atom. The van der Waals surface area contributed by atoms with Crippen molar-refractivity contribution in [2.75, 3.05) is 13.2 Å². The van der Waals surface area contributed by atoms with Crippen molar-refractivity contribution in [3.8, 4) is 22.6 Å². The molecule has 8 rings (SSSR count). The molecule has 2 aromatic rings. The molecule has 342 valence electrons. The van der Waals surface area contributed by atoms with Gasteiger partial charge in [0.05, 0.1) is 31.9 Å². The first-order valence-electron chi connectivity index (χ1n) is 23.9. The fourth-order valence-electron chi connectivity index (χ4n) is 11.4. The first kappa shape index (κ1) is 47.6. The quantitative estimate of drug-likeness (QED) is 0.0346. The summed E-state index contributed by atoms with van der Waals surface area (Å²) in [6.45, 7) is 12.6. The minimum Gasteiger partial charge on any atom is -0.419 e. The second-order valence-electron chi connectivity index (χ2n) is 19.5. The number of esters is 2. The van der Waals surface area contributed by atoms with Gasteiger partial charge in [-0.05, 0) is 152 Å². The highest BCUT2D eigenvalue weighted by Gasteiger charge is 2.55. The van der Waals surface area contributed by atoms with Crippen LogP contribution in [0.15, 0.2) is 12.1 Å². The molecule has 4 bridgehead atoms. The van der Waals surface area contributed by atoms with E-state index in [2.05, 4.69) is 13.8 Å². The van der Waals surface area contributed by atoms with Gasteiger partial charge in [-0.25, -0.2) is 0 Å². The molecule has 0 aromatic heterocycles. The molecule has 0 unspecified atom stereocenters. The molecular weight excluding hydrogens is 789 g/mol. The number of ether oxygens (including phenoxy) is 4. The van der Waals surface area contributed by atoms with E-state index in [-0.39, 0.29) is 45.2 Å². The Kier molecular flexibility index (Phi) is 15.6. The van der Waals surface area contributed by atoms with Crippen molar-refractivity contribution < 1.29 is 38.4 Å². The SMILES string of the molecule is CCCCCCCCOC12CCC(C(=O)Oc3cc(C)c(-c4c(C)cc(OC(=O)C56CCC(OCCCCCCCC)(CC5)CC6)c([N+](=O)[O-])c4C)c(C)c3[N+](=O)[O-])(CC1)CC2. The van der Waals surface area contributed by atoms with Crippen molar-refractivity contribution in [1.29, 1.82) is 0 Å². The van der Waals surface area contributed by atoms with Gasteiger partial charge in [0, 0.05) is 24.3 Å². The summed E-state index contributed by atoms with van der Waals surface area (Å²) in [4.78, 5) is 52.5. The summed E-state index contributed by atoms with van der Waals surface area (Å²) >= 11 is 0. The van der Waals surface area contributed by atoms with Crippen LogP contribution in [-0.2, 0) is 19.1 Å². The molecular formula is C50H72N2O10. The van der Waals surface area contributed by atoms with Gasteiger partial charge in [0.2, 0.25) is 11.5 Å². The van der Waals surface area contributed by atoms with Crippen LogP contribution in [-0.4, -0.2) is 46.2 Å². The minimum absolute atomic E-state index is 0.124. The van der Waals surface area contributed by atoms with E-state index >= 15 is 0 Å². The lowest BCUT2D eigenvalue weighted by Crippen LogP contribution is -2.52. The topological polar surface area (TPSA) is 157 Å². The Morgan fingerprint density at radius 1 is 0.516 bits per heavy atom. The molecule has 6 saturated carbocycles. The number of benzene rings is 2. The molecule has 0 saturated heterocycles. The number of rotatable bonds is 23. The van der Waals surface area contributed by atoms with Gasteiger partial charge in [-0.1, -0.05) is 78.1 Å². The number of nitrogens with zero attached hydrogens (tertiary/aromatic N) is 2. The molecule has 6 aliphatic carbocycles. The number of nitro benzene ring substituents is 2. The number of hydrogen-bond donors (Lipinski definition) is 0. The Bertz CT molecular complexity index is 1780. The molecule has 0 amide bonds. The number of aryl methyl sites for hydroxylation is 2. The third-order valence-electron chi connectivity index (χ3n) is 15.5. The van der Waals surface area contributed by atoms with Crippen LogP contribution in [0, 0.1) is 58.8 Å². The molecule has 0 radical (unpaired) electrons. The molecule has 0 heterocycles. The predicted octanol–water partition coefficient (Wildman–Crippen LogP) is 13.2. The maximum Gasteiger partial charge on any atom is 0.317 e. The molecule has 6 aliphatic rings. The van der Waals surface area contributed by atoms with Crippen molar-refractivity contribution in [1.82, 2.24) is 0 Å². The van der Waals surface area contributed by atoms with Crippen molar-refractivity contribution in [3.63, 3.8) is 0 Å². The van der Waals surface area contributed by atoms with Crippen molar-refractivity contribution in [3.05, 3.63) is 54.6 Å². The van der Waals surface area contributed by atoms with E-state index in [1.54, 1.807) is 27.7 Å². The van der Waals surface area contributed by atoms with Crippen LogP contribution < -0.4 is 9.47 Å². The van der Waals surface area contributed by atoms with E-state index in [4.69, 9.17) is 18.9 Å². The molecule has 6 fully saturated rings. The predicted molar refractivity (Wildman–Crippen MR) is 240 cm³/mol. The highest BCUT2D eigenvalue weighted by molar-refractivity contribution is 5.88. The summed E-state index contributed by atoms with van der Waals surface area (Å²) in [5.41, 5.74) is -0.0604. The van der Waals surface area contributed by atoms with E-state index < -0.39 is 32.6 Å². The molecule has 0 spiro atoms. The zero-order valence-electron chi connectivity index (χ0n) is 38.5. The lowest BCUT2D eigenvalue weighted by atomic mass is 9.58. The van der Waals surface area contributed by atoms with Crippen LogP contribution in [0.3, 0.4) is 0 Å². The fourth-order valence-corrected chi connectivity index (χ4v) is 11.4. The summed E-state index contributed by atoms with van der Waals surface area (Å²) in [7, 11) is 0. The highest BCUT2D eigenvalue weighted by Crippen LogP contribution is 2.57. The number of nitro groups is 2. The van der Waals surface area contributed by atoms with E-state index in [0.29, 0.717) is 60.8 Å². The van der Waals surface area contributed by atoms with Crippen molar-refractivity contribution in [2.24, 2.45) is 10.8 Å². The average molecular weight is 861 g/mol. The van der Waals surface area contributed by atoms with E-state index in [1.165, 1.54) is 63.5 Å². The Morgan fingerprint density at radius 2 is 0.823 bits per heavy atom. The Balaban J connectivity index is 1.14. The smallest absolute Gasteiger partial charge is 0.317 e. The van der Waals surface area contributed by atoms with Gasteiger partial charge >= 0.3 is 23.3 Å². The summed E-state index contributed by atoms with van der Waals surface area (Å²) in [6, 6.07) is 3.02. The van der Waals surface area contributed by atoms with Gasteiger partial charge in [-0.15, -0.1) is 0 Å². The fraction of sp³-hybridized carbons (Fsp3) is 0.720. The van der Waals surface area contributed by atoms with Crippen LogP contribution in [0.25, 0.3) is 11.1 Å². The van der Waals surface area contributed by atoms with Crippen molar-refractivity contribution in [2.45, 2.75) is 207 Å². The van der Waals surface area contributed by atoms with Gasteiger partial charge in [-0.2, -0.15) is 0 Å². The lowest BCUT2D eigenvalue weighted by molar-refractivity contribution is -0.386. The van der Waals surface area contributed by atoms with E-state index in [1.807, 2.05) is 0 Å². The van der Waals surface area contributed by atoms with Gasteiger partial charge in [0.1, 0.15) is 0 Å². The molecule has 0 aliphatic heterocycles. The van der Waals surface area contributed by atoms with Crippen molar-refractivity contribution >= 4 is 23.3 Å². The normalized spacial score (nSPS) is 25.2. The second-order valence-corrected chi connectivity index (χ2v) is 19.5. The maximum absolute atomic E-state index is 14.0. The second kappa shape index (κ2) is 20.3. The molecule has 12 nitrogen and oxygen atoms in total. The van der Waals surface area contributed by atoms with Crippen LogP contribution in [0.1, 0.15) is 190 Å². The molecule has 2 aromatic carbocycles. The number of carbonyl (C=O) groups is 2. The third-order valence-corrected chi connectivity index (χ3v) is 15.5. The number of hydrogen-bond acceptors (Lipinski definition) is 10. The highest BCUT2D eigenvalue weighted by atomic mass is 16.6. The van der Waals surface area contributed by atoms with Crippen LogP contribution >= 0.6 is 0 Å². The minimum atomic E-state index is -0.723. The van der Waals surface area contributed by atoms with E-state index in [9.17, 15) is 29.8 Å². The zero-order valence-corrected chi connectivity index (χ0v) is 38.5. The maximum atomic E-state index is 14.0. The average Bonchev–Trinajstić information content (AvgIpc) is 3.25. The summed E-state index contributed by atoms with van der Waals surface area (Å²) in [6.07, 6.45) is 22.6. The molecule has 62 heavy (non-hydrogen) atoms. The largest absolute Gasteiger partial charge is 0.419 e. The van der Waals surface area contributed by atoms with Crippen LogP contribution in [0.4, 0.5) is 11.4 Å². The summed E-state index contributed by atoms with van der Waals surface area (Å²) in [5, 5.41) is 25.6. The number of unbranched alkanes of at least 4 members (excludes halogenated alkanes) is 10. The monoisotopic (exact) mass is 861 g/mol. The van der Waals surface area contributed by atoms with E-state index in [0.717, 1.165) is 77.4 Å². The summed E-state index contributed by atoms with van der Waals surface area (Å²) < 4.78 is 25.0. The first-order chi connectivity index (χ1) is 29.6. The number of carbonyl (C=O) groups excluding carboxylic acids is 2. The molecule has 0 atom stereocenters. The van der Waals surface area contributed by atoms with Gasteiger partial charge < -0.3 is 18.9 Å². The van der Waals surface area contributed by atoms with Crippen LogP contribution in [0.2, 0.25) is 0 Å². The third kappa shape index (κ3) is 10.1. The Labute approximate surface area is 368 Å². The lowest BCUT2D eigenvalue weighted by Gasteiger charge is -2.51. The van der Waals surface area contributed by atoms with Crippen LogP contribution in [0.5, 0.6) is 11.5 Å². The molecule has 12 heteroatoms. The van der Waals surface area contributed by atoms with Gasteiger partial charge in [0.15, 0.2) is 0 Å². The standard InChI is InChI=1S/C50H72N2O10/c1-7-9-11-13-15-17-31-59-49-25-19-47(20-26-49,21-27-49)45(53)61-39-33-35(3)41(37(5)43(39)51(55)56)42-36(4)34-40(44(38(42)6)52(57)58)62-46(54)48-22-28-50(29-23-48,30-24-48)60-32-18-16-14-12-10-8-2/h33-34H,7-32H2,1-6H3. The molecule has 0 N–H and O–H groups in total. The summed E-state index contributed by atoms with van der Waals surface area (Å²) in [5.74, 6) is -1.15.